The Morgan fingerprint density at radius 2 is 1.53 bits per heavy atom. The SMILES string of the molecule is COC(=O)c1ccc(NC(=O)c2ccc(-c3cc4ccccc4oc3=O)cc2)cc1. The second-order valence-electron chi connectivity index (χ2n) is 6.59. The Bertz CT molecular complexity index is 1290. The summed E-state index contributed by atoms with van der Waals surface area (Å²) >= 11 is 0. The molecule has 0 aliphatic carbocycles. The summed E-state index contributed by atoms with van der Waals surface area (Å²) in [4.78, 5) is 36.3. The van der Waals surface area contributed by atoms with Crippen LogP contribution in [-0.4, -0.2) is 19.0 Å². The Labute approximate surface area is 171 Å². The number of nitrogens with one attached hydrogen (secondary N) is 1. The Hall–Kier alpha value is -4.19. The largest absolute Gasteiger partial charge is 0.465 e. The first-order chi connectivity index (χ1) is 14.5. The first kappa shape index (κ1) is 19.1. The molecule has 30 heavy (non-hydrogen) atoms. The number of esters is 1. The van der Waals surface area contributed by atoms with Gasteiger partial charge in [0.1, 0.15) is 5.58 Å². The van der Waals surface area contributed by atoms with E-state index < -0.39 is 11.6 Å². The molecule has 6 nitrogen and oxygen atoms in total. The van der Waals surface area contributed by atoms with Gasteiger partial charge in [-0.2, -0.15) is 0 Å². The van der Waals surface area contributed by atoms with Gasteiger partial charge >= 0.3 is 11.6 Å². The van der Waals surface area contributed by atoms with Crippen LogP contribution in [0.15, 0.2) is 88.1 Å². The van der Waals surface area contributed by atoms with Gasteiger partial charge in [-0.25, -0.2) is 9.59 Å². The minimum absolute atomic E-state index is 0.307. The van der Waals surface area contributed by atoms with E-state index in [1.807, 2.05) is 12.1 Å². The van der Waals surface area contributed by atoms with E-state index in [1.165, 1.54) is 7.11 Å². The van der Waals surface area contributed by atoms with Gasteiger partial charge < -0.3 is 14.5 Å². The lowest BCUT2D eigenvalue weighted by Gasteiger charge is -2.07. The average molecular weight is 399 g/mol. The number of rotatable bonds is 4. The zero-order valence-corrected chi connectivity index (χ0v) is 16.0. The molecule has 0 atom stereocenters. The van der Waals surface area contributed by atoms with E-state index in [0.717, 1.165) is 5.39 Å². The van der Waals surface area contributed by atoms with Gasteiger partial charge in [0.05, 0.1) is 18.2 Å². The number of hydrogen-bond donors (Lipinski definition) is 1. The number of benzene rings is 3. The van der Waals surface area contributed by atoms with E-state index in [0.29, 0.717) is 33.5 Å². The van der Waals surface area contributed by atoms with Crippen molar-refractivity contribution in [2.24, 2.45) is 0 Å². The fourth-order valence-electron chi connectivity index (χ4n) is 3.08. The highest BCUT2D eigenvalue weighted by atomic mass is 16.5. The maximum atomic E-state index is 12.5. The summed E-state index contributed by atoms with van der Waals surface area (Å²) in [5.74, 6) is -0.750. The molecule has 3 aromatic carbocycles. The lowest BCUT2D eigenvalue weighted by Crippen LogP contribution is -2.12. The first-order valence-corrected chi connectivity index (χ1v) is 9.18. The smallest absolute Gasteiger partial charge is 0.344 e. The minimum Gasteiger partial charge on any atom is -0.465 e. The van der Waals surface area contributed by atoms with Crippen molar-refractivity contribution in [3.8, 4) is 11.1 Å². The molecule has 4 rings (SSSR count). The van der Waals surface area contributed by atoms with Crippen molar-refractivity contribution in [1.82, 2.24) is 0 Å². The second-order valence-corrected chi connectivity index (χ2v) is 6.59. The summed E-state index contributed by atoms with van der Waals surface area (Å²) in [6, 6.07) is 22.2. The number of carbonyl (C=O) groups excluding carboxylic acids is 2. The molecule has 0 aliphatic heterocycles. The predicted molar refractivity (Wildman–Crippen MR) is 114 cm³/mol. The topological polar surface area (TPSA) is 85.6 Å². The van der Waals surface area contributed by atoms with Crippen molar-refractivity contribution >= 4 is 28.5 Å². The second kappa shape index (κ2) is 8.05. The van der Waals surface area contributed by atoms with Gasteiger partial charge in [-0.1, -0.05) is 30.3 Å². The number of hydrogen-bond acceptors (Lipinski definition) is 5. The van der Waals surface area contributed by atoms with E-state index in [1.54, 1.807) is 66.7 Å². The predicted octanol–water partition coefficient (Wildman–Crippen LogP) is 4.50. The van der Waals surface area contributed by atoms with Crippen LogP contribution in [0, 0.1) is 0 Å². The number of carbonyl (C=O) groups is 2. The molecule has 0 aliphatic rings. The molecule has 1 aromatic heterocycles. The normalized spacial score (nSPS) is 10.6. The van der Waals surface area contributed by atoms with Crippen LogP contribution in [0.5, 0.6) is 0 Å². The molecular formula is C24H17NO5. The molecule has 1 N–H and O–H groups in total. The number of para-hydroxylation sites is 1. The van der Waals surface area contributed by atoms with E-state index in [9.17, 15) is 14.4 Å². The lowest BCUT2D eigenvalue weighted by atomic mass is 10.0. The van der Waals surface area contributed by atoms with E-state index in [2.05, 4.69) is 10.1 Å². The summed E-state index contributed by atoms with van der Waals surface area (Å²) in [7, 11) is 1.31. The summed E-state index contributed by atoms with van der Waals surface area (Å²) < 4.78 is 10.0. The highest BCUT2D eigenvalue weighted by Gasteiger charge is 2.11. The molecule has 148 valence electrons. The maximum Gasteiger partial charge on any atom is 0.344 e. The number of fused-ring (bicyclic) bond motifs is 1. The number of methoxy groups -OCH3 is 1. The summed E-state index contributed by atoms with van der Waals surface area (Å²) in [6.45, 7) is 0. The Morgan fingerprint density at radius 1 is 0.867 bits per heavy atom. The van der Waals surface area contributed by atoms with Crippen molar-refractivity contribution in [3.05, 3.63) is 100 Å². The first-order valence-electron chi connectivity index (χ1n) is 9.18. The molecule has 6 heteroatoms. The zero-order chi connectivity index (χ0) is 21.1. The third kappa shape index (κ3) is 3.84. The molecule has 1 amide bonds. The third-order valence-corrected chi connectivity index (χ3v) is 4.66. The van der Waals surface area contributed by atoms with Gasteiger partial charge in [0.15, 0.2) is 0 Å². The fraction of sp³-hybridized carbons (Fsp3) is 0.0417. The Morgan fingerprint density at radius 3 is 2.23 bits per heavy atom. The summed E-state index contributed by atoms with van der Waals surface area (Å²) in [6.07, 6.45) is 0. The molecule has 0 saturated carbocycles. The van der Waals surface area contributed by atoms with E-state index >= 15 is 0 Å². The van der Waals surface area contributed by atoms with Gasteiger partial charge in [0.25, 0.3) is 5.91 Å². The third-order valence-electron chi connectivity index (χ3n) is 4.66. The van der Waals surface area contributed by atoms with E-state index in [-0.39, 0.29) is 5.91 Å². The molecule has 4 aromatic rings. The summed E-state index contributed by atoms with van der Waals surface area (Å²) in [5.41, 5.74) is 2.56. The van der Waals surface area contributed by atoms with Crippen LogP contribution in [0.4, 0.5) is 5.69 Å². The molecule has 0 spiro atoms. The highest BCUT2D eigenvalue weighted by Crippen LogP contribution is 2.22. The van der Waals surface area contributed by atoms with Crippen LogP contribution in [-0.2, 0) is 4.74 Å². The van der Waals surface area contributed by atoms with Crippen LogP contribution in [0.25, 0.3) is 22.1 Å². The average Bonchev–Trinajstić information content (AvgIpc) is 2.78. The monoisotopic (exact) mass is 399 g/mol. The van der Waals surface area contributed by atoms with Crippen LogP contribution in [0.1, 0.15) is 20.7 Å². The fourth-order valence-corrected chi connectivity index (χ4v) is 3.08. The Kier molecular flexibility index (Phi) is 5.13. The van der Waals surface area contributed by atoms with Crippen molar-refractivity contribution in [1.29, 1.82) is 0 Å². The Balaban J connectivity index is 1.53. The molecule has 0 radical (unpaired) electrons. The standard InChI is InChI=1S/C24H17NO5/c1-29-23(27)17-10-12-19(13-11-17)25-22(26)16-8-6-15(7-9-16)20-14-18-4-2-3-5-21(18)30-24(20)28/h2-14H,1H3,(H,25,26). The molecule has 0 saturated heterocycles. The van der Waals surface area contributed by atoms with Gasteiger partial charge in [-0.15, -0.1) is 0 Å². The molecule has 0 unspecified atom stereocenters. The molecular weight excluding hydrogens is 382 g/mol. The van der Waals surface area contributed by atoms with Crippen LogP contribution in [0.3, 0.4) is 0 Å². The van der Waals surface area contributed by atoms with Crippen LogP contribution < -0.4 is 10.9 Å². The quantitative estimate of drug-likeness (QED) is 0.403. The highest BCUT2D eigenvalue weighted by molar-refractivity contribution is 6.04. The van der Waals surface area contributed by atoms with Crippen molar-refractivity contribution in [2.45, 2.75) is 0 Å². The number of ether oxygens (including phenoxy) is 1. The molecule has 0 fully saturated rings. The van der Waals surface area contributed by atoms with E-state index in [4.69, 9.17) is 4.42 Å². The van der Waals surface area contributed by atoms with Crippen LogP contribution in [0.2, 0.25) is 0 Å². The van der Waals surface area contributed by atoms with Gasteiger partial charge in [0.2, 0.25) is 0 Å². The zero-order valence-electron chi connectivity index (χ0n) is 16.0. The van der Waals surface area contributed by atoms with Gasteiger partial charge in [-0.05, 0) is 54.1 Å². The lowest BCUT2D eigenvalue weighted by molar-refractivity contribution is 0.0600. The van der Waals surface area contributed by atoms with Crippen molar-refractivity contribution < 1.29 is 18.7 Å². The minimum atomic E-state index is -0.443. The number of anilines is 1. The van der Waals surface area contributed by atoms with Gasteiger partial charge in [0, 0.05) is 16.6 Å². The van der Waals surface area contributed by atoms with Crippen LogP contribution >= 0.6 is 0 Å². The van der Waals surface area contributed by atoms with Crippen molar-refractivity contribution in [2.75, 3.05) is 12.4 Å². The maximum absolute atomic E-state index is 12.5. The molecule has 0 bridgehead atoms. The summed E-state index contributed by atoms with van der Waals surface area (Å²) in [5, 5.41) is 3.59. The number of amides is 1. The van der Waals surface area contributed by atoms with Crippen molar-refractivity contribution in [3.63, 3.8) is 0 Å². The van der Waals surface area contributed by atoms with Gasteiger partial charge in [-0.3, -0.25) is 4.79 Å². The molecule has 1 heterocycles.